The number of carbonyl (C=O) groups excluding carboxylic acids is 1. The van der Waals surface area contributed by atoms with Crippen LogP contribution in [0, 0.1) is 10.1 Å². The standard InChI is InChI=1S/C21H18N4O5S2/c1-4-30-14-7-5-13(6-8-14)24-19(26)18(32-21(24)31)10-12-9-16-17(11-15(12)25(28)29)23(3)20(27)22(16)2/h5-11H,4H2,1-3H3/b18-10-. The molecule has 164 valence electrons. The molecule has 1 aromatic heterocycles. The molecule has 0 spiro atoms. The molecule has 0 radical (unpaired) electrons. The average molecular weight is 471 g/mol. The second kappa shape index (κ2) is 8.24. The van der Waals surface area contributed by atoms with Crippen LogP contribution >= 0.6 is 24.0 Å². The highest BCUT2D eigenvalue weighted by atomic mass is 32.2. The van der Waals surface area contributed by atoms with Crippen molar-refractivity contribution in [2.45, 2.75) is 6.92 Å². The van der Waals surface area contributed by atoms with Gasteiger partial charge in [-0.1, -0.05) is 24.0 Å². The maximum atomic E-state index is 13.1. The number of imidazole rings is 1. The van der Waals surface area contributed by atoms with Gasteiger partial charge in [-0.3, -0.25) is 28.9 Å². The van der Waals surface area contributed by atoms with Crippen molar-refractivity contribution in [1.29, 1.82) is 0 Å². The van der Waals surface area contributed by atoms with Crippen molar-refractivity contribution < 1.29 is 14.5 Å². The number of benzene rings is 2. The Labute approximate surface area is 192 Å². The summed E-state index contributed by atoms with van der Waals surface area (Å²) in [6.45, 7) is 2.41. The Kier molecular flexibility index (Phi) is 5.61. The van der Waals surface area contributed by atoms with Crippen molar-refractivity contribution in [1.82, 2.24) is 9.13 Å². The predicted molar refractivity (Wildman–Crippen MR) is 128 cm³/mol. The van der Waals surface area contributed by atoms with Crippen LogP contribution in [0.3, 0.4) is 0 Å². The topological polar surface area (TPSA) is 99.6 Å². The number of fused-ring (bicyclic) bond motifs is 1. The molecule has 0 saturated carbocycles. The predicted octanol–water partition coefficient (Wildman–Crippen LogP) is 3.59. The maximum Gasteiger partial charge on any atom is 0.328 e. The van der Waals surface area contributed by atoms with Crippen LogP contribution in [0.5, 0.6) is 5.75 Å². The number of thiocarbonyl (C=S) groups is 1. The second-order valence-electron chi connectivity index (χ2n) is 7.00. The zero-order valence-corrected chi connectivity index (χ0v) is 19.0. The molecule has 2 heterocycles. The van der Waals surface area contributed by atoms with E-state index in [1.54, 1.807) is 38.4 Å². The molecule has 1 aliphatic rings. The van der Waals surface area contributed by atoms with Gasteiger partial charge in [0.2, 0.25) is 0 Å². The number of carbonyl (C=O) groups is 1. The zero-order valence-electron chi connectivity index (χ0n) is 17.4. The Bertz CT molecular complexity index is 1370. The van der Waals surface area contributed by atoms with Crippen molar-refractivity contribution in [2.75, 3.05) is 11.5 Å². The molecule has 1 fully saturated rings. The Morgan fingerprint density at radius 1 is 1.12 bits per heavy atom. The van der Waals surface area contributed by atoms with Gasteiger partial charge < -0.3 is 4.74 Å². The van der Waals surface area contributed by atoms with Crippen LogP contribution in [-0.4, -0.2) is 30.9 Å². The van der Waals surface area contributed by atoms with Gasteiger partial charge in [-0.05, 0) is 43.3 Å². The Morgan fingerprint density at radius 2 is 1.75 bits per heavy atom. The largest absolute Gasteiger partial charge is 0.494 e. The summed E-state index contributed by atoms with van der Waals surface area (Å²) >= 11 is 6.46. The Balaban J connectivity index is 1.77. The number of aromatic nitrogens is 2. The minimum atomic E-state index is -0.532. The fourth-order valence-corrected chi connectivity index (χ4v) is 4.80. The van der Waals surface area contributed by atoms with E-state index in [1.165, 1.54) is 32.2 Å². The summed E-state index contributed by atoms with van der Waals surface area (Å²) in [6, 6.07) is 9.83. The molecule has 0 unspecified atom stereocenters. The summed E-state index contributed by atoms with van der Waals surface area (Å²) < 4.78 is 8.49. The quantitative estimate of drug-likeness (QED) is 0.243. The summed E-state index contributed by atoms with van der Waals surface area (Å²) in [4.78, 5) is 38.1. The molecule has 0 atom stereocenters. The van der Waals surface area contributed by atoms with E-state index in [4.69, 9.17) is 17.0 Å². The number of amides is 1. The zero-order chi connectivity index (χ0) is 23.2. The van der Waals surface area contributed by atoms with Crippen LogP contribution in [0.2, 0.25) is 0 Å². The maximum absolute atomic E-state index is 13.1. The lowest BCUT2D eigenvalue weighted by Gasteiger charge is -2.15. The molecule has 0 bridgehead atoms. The van der Waals surface area contributed by atoms with Gasteiger partial charge in [-0.25, -0.2) is 4.79 Å². The summed E-state index contributed by atoms with van der Waals surface area (Å²) in [5, 5.41) is 11.7. The van der Waals surface area contributed by atoms with Crippen molar-refractivity contribution in [2.24, 2.45) is 14.1 Å². The van der Waals surface area contributed by atoms with Crippen molar-refractivity contribution in [3.05, 3.63) is 67.5 Å². The normalized spacial score (nSPS) is 15.2. The first kappa shape index (κ1) is 21.8. The number of nitrogens with zero attached hydrogens (tertiary/aromatic N) is 4. The van der Waals surface area contributed by atoms with Crippen LogP contribution in [0.4, 0.5) is 11.4 Å². The molecule has 1 amide bonds. The van der Waals surface area contributed by atoms with Crippen LogP contribution in [0.15, 0.2) is 46.1 Å². The summed E-state index contributed by atoms with van der Waals surface area (Å²) in [6.07, 6.45) is 1.45. The molecule has 0 aliphatic carbocycles. The molecule has 3 aromatic rings. The van der Waals surface area contributed by atoms with E-state index in [0.717, 1.165) is 11.8 Å². The van der Waals surface area contributed by atoms with E-state index in [-0.39, 0.29) is 27.8 Å². The van der Waals surface area contributed by atoms with E-state index in [1.807, 2.05) is 6.92 Å². The highest BCUT2D eigenvalue weighted by molar-refractivity contribution is 8.27. The van der Waals surface area contributed by atoms with E-state index in [2.05, 4.69) is 0 Å². The molecule has 1 saturated heterocycles. The van der Waals surface area contributed by atoms with Crippen molar-refractivity contribution in [3.63, 3.8) is 0 Å². The highest BCUT2D eigenvalue weighted by Crippen LogP contribution is 2.38. The van der Waals surface area contributed by atoms with Gasteiger partial charge in [-0.15, -0.1) is 0 Å². The number of ether oxygens (including phenoxy) is 1. The molecule has 1 aliphatic heterocycles. The highest BCUT2D eigenvalue weighted by Gasteiger charge is 2.34. The smallest absolute Gasteiger partial charge is 0.328 e. The minimum absolute atomic E-state index is 0.204. The lowest BCUT2D eigenvalue weighted by molar-refractivity contribution is -0.385. The summed E-state index contributed by atoms with van der Waals surface area (Å²) in [7, 11) is 3.14. The van der Waals surface area contributed by atoms with Crippen LogP contribution < -0.4 is 15.3 Å². The number of nitro benzene ring substituents is 1. The van der Waals surface area contributed by atoms with Gasteiger partial charge in [0.25, 0.3) is 11.6 Å². The van der Waals surface area contributed by atoms with Gasteiger partial charge in [-0.2, -0.15) is 0 Å². The summed E-state index contributed by atoms with van der Waals surface area (Å²) in [5.74, 6) is 0.301. The third kappa shape index (κ3) is 3.59. The molecular weight excluding hydrogens is 452 g/mol. The number of hydrogen-bond acceptors (Lipinski definition) is 7. The van der Waals surface area contributed by atoms with Crippen LogP contribution in [-0.2, 0) is 18.9 Å². The van der Waals surface area contributed by atoms with Crippen molar-refractivity contribution >= 4 is 62.7 Å². The Hall–Kier alpha value is -3.44. The Morgan fingerprint density at radius 3 is 2.34 bits per heavy atom. The van der Waals surface area contributed by atoms with Gasteiger partial charge in [0.15, 0.2) is 4.32 Å². The SMILES string of the molecule is CCOc1ccc(N2C(=O)/C(=C/c3cc4c(cc3[N+](=O)[O-])n(C)c(=O)n4C)SC2=S)cc1. The number of rotatable bonds is 5. The fraction of sp³-hybridized carbons (Fsp3) is 0.190. The number of hydrogen-bond donors (Lipinski definition) is 0. The summed E-state index contributed by atoms with van der Waals surface area (Å²) in [5.41, 5.74) is 1.25. The molecular formula is C21H18N4O5S2. The van der Waals surface area contributed by atoms with E-state index in [9.17, 15) is 19.7 Å². The number of aryl methyl sites for hydroxylation is 2. The van der Waals surface area contributed by atoms with E-state index in [0.29, 0.717) is 33.4 Å². The molecule has 0 N–H and O–H groups in total. The molecule has 4 rings (SSSR count). The minimum Gasteiger partial charge on any atom is -0.494 e. The molecule has 11 heteroatoms. The van der Waals surface area contributed by atoms with Gasteiger partial charge in [0.05, 0.1) is 38.7 Å². The lowest BCUT2D eigenvalue weighted by Crippen LogP contribution is -2.27. The monoisotopic (exact) mass is 470 g/mol. The molecule has 9 nitrogen and oxygen atoms in total. The van der Waals surface area contributed by atoms with E-state index < -0.39 is 4.92 Å². The number of nitro groups is 1. The first-order chi connectivity index (χ1) is 15.2. The average Bonchev–Trinajstić information content (AvgIpc) is 3.15. The van der Waals surface area contributed by atoms with Gasteiger partial charge in [0.1, 0.15) is 5.75 Å². The lowest BCUT2D eigenvalue weighted by atomic mass is 10.1. The first-order valence-corrected chi connectivity index (χ1v) is 10.8. The van der Waals surface area contributed by atoms with E-state index >= 15 is 0 Å². The van der Waals surface area contributed by atoms with Gasteiger partial charge >= 0.3 is 5.69 Å². The third-order valence-corrected chi connectivity index (χ3v) is 6.41. The second-order valence-corrected chi connectivity index (χ2v) is 8.68. The van der Waals surface area contributed by atoms with Crippen LogP contribution in [0.1, 0.15) is 12.5 Å². The van der Waals surface area contributed by atoms with Crippen LogP contribution in [0.25, 0.3) is 17.1 Å². The van der Waals surface area contributed by atoms with Crippen molar-refractivity contribution in [3.8, 4) is 5.75 Å². The number of anilines is 1. The fourth-order valence-electron chi connectivity index (χ4n) is 3.51. The number of thioether (sulfide) groups is 1. The molecule has 32 heavy (non-hydrogen) atoms. The first-order valence-electron chi connectivity index (χ1n) is 9.57. The molecule has 2 aromatic carbocycles. The third-order valence-electron chi connectivity index (χ3n) is 5.10. The van der Waals surface area contributed by atoms with Gasteiger partial charge in [0, 0.05) is 20.2 Å².